The molecule has 0 bridgehead atoms. The molecule has 0 radical (unpaired) electrons. The number of benzene rings is 2. The molecule has 6 heteroatoms. The van der Waals surface area contributed by atoms with E-state index >= 15 is 0 Å². The zero-order chi connectivity index (χ0) is 24.5. The van der Waals surface area contributed by atoms with Crippen molar-refractivity contribution in [1.82, 2.24) is 14.9 Å². The minimum absolute atomic E-state index is 0.0615. The average molecular weight is 469 g/mol. The Morgan fingerprint density at radius 2 is 1.77 bits per heavy atom. The minimum atomic E-state index is 0.0615. The van der Waals surface area contributed by atoms with Crippen LogP contribution >= 0.6 is 0 Å². The normalized spacial score (nSPS) is 20.3. The van der Waals surface area contributed by atoms with Gasteiger partial charge in [-0.1, -0.05) is 18.2 Å². The van der Waals surface area contributed by atoms with Crippen LogP contribution in [-0.2, 0) is 4.74 Å². The van der Waals surface area contributed by atoms with Crippen molar-refractivity contribution >= 4 is 5.91 Å². The highest BCUT2D eigenvalue weighted by molar-refractivity contribution is 5.96. The van der Waals surface area contributed by atoms with Gasteiger partial charge in [-0.05, 0) is 74.9 Å². The summed E-state index contributed by atoms with van der Waals surface area (Å²) in [6.07, 6.45) is 4.66. The fourth-order valence-electron chi connectivity index (χ4n) is 5.40. The van der Waals surface area contributed by atoms with E-state index in [0.717, 1.165) is 54.0 Å². The van der Waals surface area contributed by atoms with E-state index in [0.29, 0.717) is 42.2 Å². The number of nitrogens with one attached hydrogen (secondary N) is 1. The highest BCUT2D eigenvalue weighted by Gasteiger charge is 2.32. The van der Waals surface area contributed by atoms with E-state index in [4.69, 9.17) is 15.0 Å². The molecule has 1 aliphatic heterocycles. The molecular weight excluding hydrogens is 436 g/mol. The monoisotopic (exact) mass is 468 g/mol. The number of carbonyl (C=O) groups excluding carboxylic acids is 1. The summed E-state index contributed by atoms with van der Waals surface area (Å²) in [5.74, 6) is 1.86. The van der Waals surface area contributed by atoms with Crippen LogP contribution in [0.1, 0.15) is 76.1 Å². The van der Waals surface area contributed by atoms with Crippen molar-refractivity contribution in [2.75, 3.05) is 20.2 Å². The number of aromatic nitrogens is 2. The first-order chi connectivity index (χ1) is 17.0. The molecule has 2 aromatic carbocycles. The molecule has 3 aromatic rings. The third-order valence-corrected chi connectivity index (χ3v) is 7.73. The summed E-state index contributed by atoms with van der Waals surface area (Å²) >= 11 is 0. The Hall–Kier alpha value is -3.43. The molecule has 2 fully saturated rings. The molecule has 1 saturated carbocycles. The number of imidazole rings is 1. The molecule has 0 unspecified atom stereocenters. The van der Waals surface area contributed by atoms with Crippen molar-refractivity contribution in [3.8, 4) is 17.3 Å². The summed E-state index contributed by atoms with van der Waals surface area (Å²) in [7, 11) is 1.80. The predicted octanol–water partition coefficient (Wildman–Crippen LogP) is 5.48. The number of aryl methyl sites for hydroxylation is 2. The van der Waals surface area contributed by atoms with E-state index < -0.39 is 0 Å². The molecule has 1 aromatic heterocycles. The zero-order valence-electron chi connectivity index (χ0n) is 20.7. The number of nitriles is 1. The van der Waals surface area contributed by atoms with Crippen LogP contribution in [0.3, 0.4) is 0 Å². The topological polar surface area (TPSA) is 82.0 Å². The lowest BCUT2D eigenvalue weighted by Gasteiger charge is -2.39. The summed E-state index contributed by atoms with van der Waals surface area (Å²) < 4.78 is 5.52. The number of ether oxygens (including phenoxy) is 1. The first kappa shape index (κ1) is 23.3. The molecular formula is C29H32N4O2. The lowest BCUT2D eigenvalue weighted by atomic mass is 9.87. The number of rotatable bonds is 5. The molecule has 5 rings (SSSR count). The van der Waals surface area contributed by atoms with Crippen LogP contribution in [0, 0.1) is 25.2 Å². The summed E-state index contributed by atoms with van der Waals surface area (Å²) in [5.41, 5.74) is 6.71. The first-order valence-electron chi connectivity index (χ1n) is 12.5. The van der Waals surface area contributed by atoms with Gasteiger partial charge in [0.1, 0.15) is 5.82 Å². The van der Waals surface area contributed by atoms with E-state index in [1.165, 1.54) is 5.56 Å². The Morgan fingerprint density at radius 3 is 2.43 bits per heavy atom. The lowest BCUT2D eigenvalue weighted by molar-refractivity contribution is 0.0602. The number of hydrogen-bond donors (Lipinski definition) is 1. The minimum Gasteiger partial charge on any atom is -0.381 e. The zero-order valence-corrected chi connectivity index (χ0v) is 20.7. The molecule has 1 amide bonds. The number of nitrogens with zero attached hydrogens (tertiary/aromatic N) is 3. The molecule has 2 heterocycles. The third kappa shape index (κ3) is 4.61. The molecule has 6 nitrogen and oxygen atoms in total. The second-order valence-electron chi connectivity index (χ2n) is 9.96. The number of amides is 1. The van der Waals surface area contributed by atoms with Gasteiger partial charge < -0.3 is 14.6 Å². The van der Waals surface area contributed by atoms with Crippen LogP contribution in [0.5, 0.6) is 0 Å². The summed E-state index contributed by atoms with van der Waals surface area (Å²) in [6, 6.07) is 15.8. The van der Waals surface area contributed by atoms with Crippen molar-refractivity contribution in [2.24, 2.45) is 0 Å². The molecule has 1 aliphatic carbocycles. The van der Waals surface area contributed by atoms with Gasteiger partial charge >= 0.3 is 0 Å². The van der Waals surface area contributed by atoms with E-state index in [2.05, 4.69) is 18.0 Å². The van der Waals surface area contributed by atoms with Gasteiger partial charge in [0.15, 0.2) is 0 Å². The quantitative estimate of drug-likeness (QED) is 0.538. The van der Waals surface area contributed by atoms with E-state index in [-0.39, 0.29) is 5.91 Å². The maximum Gasteiger partial charge on any atom is 0.253 e. The van der Waals surface area contributed by atoms with Gasteiger partial charge in [-0.2, -0.15) is 5.26 Å². The van der Waals surface area contributed by atoms with Gasteiger partial charge in [0.05, 0.1) is 29.1 Å². The third-order valence-electron chi connectivity index (χ3n) is 7.73. The average Bonchev–Trinajstić information content (AvgIpc) is 3.25. The van der Waals surface area contributed by atoms with Crippen LogP contribution in [0.2, 0.25) is 0 Å². The Bertz CT molecular complexity index is 1260. The first-order valence-corrected chi connectivity index (χ1v) is 12.5. The number of carbonyl (C=O) groups is 1. The van der Waals surface area contributed by atoms with Crippen LogP contribution in [0.25, 0.3) is 11.3 Å². The number of methoxy groups -OCH3 is 1. The number of aromatic amines is 1. The van der Waals surface area contributed by atoms with Crippen molar-refractivity contribution in [2.45, 2.75) is 57.5 Å². The van der Waals surface area contributed by atoms with Gasteiger partial charge in [0.25, 0.3) is 5.91 Å². The van der Waals surface area contributed by atoms with E-state index in [9.17, 15) is 4.79 Å². The van der Waals surface area contributed by atoms with Crippen LogP contribution in [0.15, 0.2) is 42.5 Å². The van der Waals surface area contributed by atoms with Crippen molar-refractivity contribution in [3.63, 3.8) is 0 Å². The highest BCUT2D eigenvalue weighted by Crippen LogP contribution is 2.36. The lowest BCUT2D eigenvalue weighted by Crippen LogP contribution is -2.48. The summed E-state index contributed by atoms with van der Waals surface area (Å²) in [4.78, 5) is 23.6. The summed E-state index contributed by atoms with van der Waals surface area (Å²) in [5, 5.41) is 8.99. The van der Waals surface area contributed by atoms with Crippen molar-refractivity contribution in [1.29, 1.82) is 5.26 Å². The molecule has 1 saturated heterocycles. The standard InChI is InChI=1S/C29H32N4O2/c1-18-4-7-23(29(34)33-16-24(17-33)21-8-5-20(15-30)6-9-21)14-26(18)27-19(2)31-28(32-27)22-10-12-25(35-3)13-11-22/h4-9,14,22,24-25H,10-13,16-17H2,1-3H3,(H,31,32)/t22-,25-. The smallest absolute Gasteiger partial charge is 0.253 e. The Labute approximate surface area is 206 Å². The van der Waals surface area contributed by atoms with Gasteiger partial charge in [-0.25, -0.2) is 4.98 Å². The second kappa shape index (κ2) is 9.67. The Kier molecular flexibility index (Phi) is 6.44. The van der Waals surface area contributed by atoms with Crippen molar-refractivity contribution < 1.29 is 9.53 Å². The van der Waals surface area contributed by atoms with Crippen molar-refractivity contribution in [3.05, 3.63) is 76.2 Å². The van der Waals surface area contributed by atoms with Crippen LogP contribution in [0.4, 0.5) is 0 Å². The molecule has 0 atom stereocenters. The molecule has 35 heavy (non-hydrogen) atoms. The number of likely N-dealkylation sites (tertiary alicyclic amines) is 1. The maximum atomic E-state index is 13.2. The number of H-pyrrole nitrogens is 1. The Balaban J connectivity index is 1.30. The summed E-state index contributed by atoms with van der Waals surface area (Å²) in [6.45, 7) is 5.52. The molecule has 180 valence electrons. The molecule has 0 spiro atoms. The molecule has 2 aliphatic rings. The van der Waals surface area contributed by atoms with Crippen LogP contribution in [-0.4, -0.2) is 47.1 Å². The molecule has 1 N–H and O–H groups in total. The SMILES string of the molecule is CO[C@H]1CC[C@H](c2nc(C)c(-c3cc(C(=O)N4CC(c5ccc(C#N)cc5)C4)ccc3C)[nH]2)CC1. The fourth-order valence-corrected chi connectivity index (χ4v) is 5.40. The van der Waals surface area contributed by atoms with Gasteiger partial charge in [-0.15, -0.1) is 0 Å². The highest BCUT2D eigenvalue weighted by atomic mass is 16.5. The largest absolute Gasteiger partial charge is 0.381 e. The Morgan fingerprint density at radius 1 is 1.06 bits per heavy atom. The predicted molar refractivity (Wildman–Crippen MR) is 135 cm³/mol. The fraction of sp³-hybridized carbons (Fsp3) is 0.414. The maximum absolute atomic E-state index is 13.2. The van der Waals surface area contributed by atoms with Gasteiger partial charge in [-0.3, -0.25) is 4.79 Å². The second-order valence-corrected chi connectivity index (χ2v) is 9.96. The van der Waals surface area contributed by atoms with Crippen LogP contribution < -0.4 is 0 Å². The van der Waals surface area contributed by atoms with E-state index in [1.54, 1.807) is 7.11 Å². The van der Waals surface area contributed by atoms with E-state index in [1.807, 2.05) is 54.3 Å². The number of hydrogen-bond acceptors (Lipinski definition) is 4. The van der Waals surface area contributed by atoms with Gasteiger partial charge in [0, 0.05) is 43.2 Å². The van der Waals surface area contributed by atoms with Gasteiger partial charge in [0.2, 0.25) is 0 Å².